The molecule has 30 heavy (non-hydrogen) atoms. The minimum Gasteiger partial charge on any atom is -0.478 e. The van der Waals surface area contributed by atoms with Crippen molar-refractivity contribution in [2.24, 2.45) is 5.73 Å². The summed E-state index contributed by atoms with van der Waals surface area (Å²) in [6.45, 7) is 3.95. The Morgan fingerprint density at radius 2 is 2.10 bits per heavy atom. The zero-order valence-electron chi connectivity index (χ0n) is 17.0. The third kappa shape index (κ3) is 9.62. The summed E-state index contributed by atoms with van der Waals surface area (Å²) >= 11 is 7.64. The lowest BCUT2D eigenvalue weighted by molar-refractivity contribution is -0.142. The van der Waals surface area contributed by atoms with Gasteiger partial charge in [0.1, 0.15) is 12.0 Å². The maximum absolute atomic E-state index is 11.4. The molecule has 1 aliphatic rings. The van der Waals surface area contributed by atoms with E-state index in [4.69, 9.17) is 32.0 Å². The molecule has 0 radical (unpaired) electrons. The Balaban J connectivity index is 0.00000103. The van der Waals surface area contributed by atoms with Gasteiger partial charge in [-0.15, -0.1) is 11.8 Å². The number of benzene rings is 1. The molecule has 0 saturated carbocycles. The van der Waals surface area contributed by atoms with Crippen LogP contribution in [0.2, 0.25) is 5.02 Å². The molecule has 1 aliphatic heterocycles. The molecule has 0 aromatic heterocycles. The second-order valence-corrected chi connectivity index (χ2v) is 8.05. The summed E-state index contributed by atoms with van der Waals surface area (Å²) in [5.74, 6) is -1.28. The van der Waals surface area contributed by atoms with Crippen LogP contribution in [0.5, 0.6) is 0 Å². The molecule has 166 valence electrons. The number of nitrogens with two attached hydrogens (primary N) is 1. The Hall–Kier alpha value is -2.07. The summed E-state index contributed by atoms with van der Waals surface area (Å²) < 4.78 is 8.95. The molecular weight excluding hydrogens is 432 g/mol. The second-order valence-electron chi connectivity index (χ2n) is 6.51. The van der Waals surface area contributed by atoms with Gasteiger partial charge in [-0.1, -0.05) is 29.8 Å². The van der Waals surface area contributed by atoms with E-state index < -0.39 is 18.0 Å². The van der Waals surface area contributed by atoms with E-state index in [0.29, 0.717) is 24.6 Å². The molecule has 0 bridgehead atoms. The summed E-state index contributed by atoms with van der Waals surface area (Å²) in [4.78, 5) is 33.7. The molecular formula is C20H27ClN2O6S. The number of carbonyl (C=O) groups excluding carboxylic acids is 2. The van der Waals surface area contributed by atoms with Gasteiger partial charge in [-0.05, 0) is 30.5 Å². The number of hydrogen-bond acceptors (Lipinski definition) is 8. The van der Waals surface area contributed by atoms with Crippen molar-refractivity contribution in [3.63, 3.8) is 0 Å². The number of rotatable bonds is 8. The Labute approximate surface area is 185 Å². The quantitative estimate of drug-likeness (QED) is 0.261. The number of carbonyl (C=O) groups is 3. The number of carboxylic acids is 1. The molecule has 3 N–H and O–H groups in total. The highest BCUT2D eigenvalue weighted by molar-refractivity contribution is 7.99. The first-order chi connectivity index (χ1) is 14.3. The largest absolute Gasteiger partial charge is 0.478 e. The van der Waals surface area contributed by atoms with Crippen molar-refractivity contribution in [2.75, 3.05) is 26.1 Å². The van der Waals surface area contributed by atoms with Crippen molar-refractivity contribution < 1.29 is 29.0 Å². The fourth-order valence-electron chi connectivity index (χ4n) is 2.72. The number of thioether (sulfide) groups is 1. The van der Waals surface area contributed by atoms with Gasteiger partial charge in [-0.3, -0.25) is 14.5 Å². The first-order valence-corrected chi connectivity index (χ1v) is 10.6. The Kier molecular flexibility index (Phi) is 12.1. The third-order valence-corrected chi connectivity index (χ3v) is 5.69. The molecule has 8 nitrogen and oxygen atoms in total. The van der Waals surface area contributed by atoms with Crippen LogP contribution in [-0.4, -0.2) is 65.8 Å². The molecule has 1 aromatic carbocycles. The number of piperidine rings is 1. The summed E-state index contributed by atoms with van der Waals surface area (Å²) in [7, 11) is 1.31. The van der Waals surface area contributed by atoms with Crippen LogP contribution >= 0.6 is 23.4 Å². The molecule has 2 unspecified atom stereocenters. The van der Waals surface area contributed by atoms with E-state index in [0.717, 1.165) is 24.1 Å². The SMILES string of the molecule is CC(N)C(=O)OCSC1CCN(Cc2ccccc2Cl)C/C1=C\C(=O)O.COC=O. The average Bonchev–Trinajstić information content (AvgIpc) is 2.70. The van der Waals surface area contributed by atoms with Gasteiger partial charge in [-0.25, -0.2) is 4.79 Å². The normalized spacial score (nSPS) is 18.7. The van der Waals surface area contributed by atoms with Crippen molar-refractivity contribution in [1.82, 2.24) is 4.90 Å². The molecule has 1 aromatic rings. The van der Waals surface area contributed by atoms with Crippen LogP contribution in [0.1, 0.15) is 18.9 Å². The van der Waals surface area contributed by atoms with E-state index in [1.807, 2.05) is 24.3 Å². The second kappa shape index (κ2) is 14.0. The van der Waals surface area contributed by atoms with Crippen molar-refractivity contribution in [3.8, 4) is 0 Å². The Morgan fingerprint density at radius 3 is 2.67 bits per heavy atom. The van der Waals surface area contributed by atoms with Crippen LogP contribution in [0.3, 0.4) is 0 Å². The number of ether oxygens (including phenoxy) is 2. The standard InChI is InChI=1S/C18H23ClN2O4S.C2H4O2/c1-12(20)18(24)25-11-26-16-6-7-21(10-14(16)8-17(22)23)9-13-4-2-3-5-15(13)19;1-4-2-3/h2-5,8,12,16H,6-7,9-11,20H2,1H3,(H,22,23);2H,1H3/b14-8+;. The zero-order valence-corrected chi connectivity index (χ0v) is 18.5. The lowest BCUT2D eigenvalue weighted by atomic mass is 10.0. The van der Waals surface area contributed by atoms with E-state index in [2.05, 4.69) is 9.64 Å². The molecule has 0 amide bonds. The van der Waals surface area contributed by atoms with Crippen LogP contribution < -0.4 is 5.73 Å². The number of nitrogens with zero attached hydrogens (tertiary/aromatic N) is 1. The van der Waals surface area contributed by atoms with E-state index >= 15 is 0 Å². The molecule has 0 spiro atoms. The number of esters is 1. The maximum Gasteiger partial charge on any atom is 0.328 e. The summed E-state index contributed by atoms with van der Waals surface area (Å²) in [6, 6.07) is 6.97. The topological polar surface area (TPSA) is 119 Å². The molecule has 10 heteroatoms. The highest BCUT2D eigenvalue weighted by Gasteiger charge is 2.26. The number of methoxy groups -OCH3 is 1. The minimum absolute atomic E-state index is 0.00511. The molecule has 1 saturated heterocycles. The fraction of sp³-hybridized carbons (Fsp3) is 0.450. The summed E-state index contributed by atoms with van der Waals surface area (Å²) in [6.07, 6.45) is 2.02. The van der Waals surface area contributed by atoms with Gasteiger partial charge in [0.05, 0.1) is 7.11 Å². The Morgan fingerprint density at radius 1 is 1.43 bits per heavy atom. The summed E-state index contributed by atoms with van der Waals surface area (Å²) in [5, 5.41) is 9.86. The maximum atomic E-state index is 11.4. The van der Waals surface area contributed by atoms with Gasteiger partial charge < -0.3 is 20.3 Å². The van der Waals surface area contributed by atoms with Crippen LogP contribution in [0.4, 0.5) is 0 Å². The lowest BCUT2D eigenvalue weighted by Gasteiger charge is -2.34. The van der Waals surface area contributed by atoms with E-state index in [1.54, 1.807) is 6.92 Å². The molecule has 2 rings (SSSR count). The summed E-state index contributed by atoms with van der Waals surface area (Å²) in [5.41, 5.74) is 7.28. The van der Waals surface area contributed by atoms with E-state index in [1.165, 1.54) is 24.9 Å². The molecule has 1 fully saturated rings. The number of aliphatic carboxylic acids is 1. The van der Waals surface area contributed by atoms with Crippen LogP contribution in [-0.2, 0) is 30.4 Å². The number of halogens is 1. The van der Waals surface area contributed by atoms with Crippen molar-refractivity contribution >= 4 is 41.8 Å². The molecule has 0 aliphatic carbocycles. The number of hydrogen-bond donors (Lipinski definition) is 2. The van der Waals surface area contributed by atoms with Crippen molar-refractivity contribution in [1.29, 1.82) is 0 Å². The van der Waals surface area contributed by atoms with Gasteiger partial charge in [0, 0.05) is 36.0 Å². The first-order valence-electron chi connectivity index (χ1n) is 9.17. The zero-order chi connectivity index (χ0) is 22.5. The first kappa shape index (κ1) is 26.0. The van der Waals surface area contributed by atoms with Crippen LogP contribution in [0.25, 0.3) is 0 Å². The monoisotopic (exact) mass is 458 g/mol. The Bertz CT molecular complexity index is 744. The van der Waals surface area contributed by atoms with Gasteiger partial charge in [-0.2, -0.15) is 0 Å². The van der Waals surface area contributed by atoms with Crippen LogP contribution in [0, 0.1) is 0 Å². The van der Waals surface area contributed by atoms with Gasteiger partial charge >= 0.3 is 11.9 Å². The van der Waals surface area contributed by atoms with Gasteiger partial charge in [0.25, 0.3) is 6.47 Å². The van der Waals surface area contributed by atoms with Crippen molar-refractivity contribution in [3.05, 3.63) is 46.5 Å². The van der Waals surface area contributed by atoms with Gasteiger partial charge in [0.2, 0.25) is 0 Å². The lowest BCUT2D eigenvalue weighted by Crippen LogP contribution is -2.37. The van der Waals surface area contributed by atoms with Gasteiger partial charge in [0.15, 0.2) is 0 Å². The van der Waals surface area contributed by atoms with Crippen LogP contribution in [0.15, 0.2) is 35.9 Å². The number of carboxylic acid groups (broad SMARTS) is 1. The van der Waals surface area contributed by atoms with E-state index in [9.17, 15) is 9.59 Å². The molecule has 2 atom stereocenters. The highest BCUT2D eigenvalue weighted by Crippen LogP contribution is 2.29. The minimum atomic E-state index is -0.974. The predicted molar refractivity (Wildman–Crippen MR) is 116 cm³/mol. The average molecular weight is 459 g/mol. The smallest absolute Gasteiger partial charge is 0.328 e. The van der Waals surface area contributed by atoms with E-state index in [-0.39, 0.29) is 11.2 Å². The fourth-order valence-corrected chi connectivity index (χ4v) is 3.89. The van der Waals surface area contributed by atoms with Crippen molar-refractivity contribution in [2.45, 2.75) is 31.2 Å². The predicted octanol–water partition coefficient (Wildman–Crippen LogP) is 2.30. The third-order valence-electron chi connectivity index (χ3n) is 4.13. The number of likely N-dealkylation sites (tertiary alicyclic amines) is 1. The molecule has 1 heterocycles. The highest BCUT2D eigenvalue weighted by atomic mass is 35.5.